The molecule has 2 aliphatic heterocycles. The monoisotopic (exact) mass is 340 g/mol. The van der Waals surface area contributed by atoms with E-state index in [0.29, 0.717) is 13.2 Å². The number of nitrogens with zero attached hydrogens (tertiary/aromatic N) is 3. The third-order valence-corrected chi connectivity index (χ3v) is 4.62. The molecule has 6 heteroatoms. The lowest BCUT2D eigenvalue weighted by atomic mass is 10.1. The molecule has 1 aromatic carbocycles. The van der Waals surface area contributed by atoms with Crippen LogP contribution >= 0.6 is 0 Å². The van der Waals surface area contributed by atoms with Crippen LogP contribution in [0.15, 0.2) is 36.0 Å². The number of rotatable bonds is 4. The van der Waals surface area contributed by atoms with Gasteiger partial charge in [0, 0.05) is 32.4 Å². The summed E-state index contributed by atoms with van der Waals surface area (Å²) in [4.78, 5) is 16.5. The minimum atomic E-state index is -0.182. The highest BCUT2D eigenvalue weighted by molar-refractivity contribution is 5.97. The van der Waals surface area contributed by atoms with Crippen LogP contribution in [-0.2, 0) is 9.53 Å². The zero-order valence-corrected chi connectivity index (χ0v) is 14.4. The summed E-state index contributed by atoms with van der Waals surface area (Å²) >= 11 is 0. The summed E-state index contributed by atoms with van der Waals surface area (Å²) in [5, 5.41) is 12.6. The van der Waals surface area contributed by atoms with E-state index in [4.69, 9.17) is 4.74 Å². The van der Waals surface area contributed by atoms with Crippen LogP contribution in [0.3, 0.4) is 0 Å². The molecule has 0 spiro atoms. The van der Waals surface area contributed by atoms with Crippen molar-refractivity contribution in [2.24, 2.45) is 0 Å². The number of ether oxygens (including phenoxy) is 1. The highest BCUT2D eigenvalue weighted by atomic mass is 16.5. The molecule has 6 nitrogen and oxygen atoms in total. The smallest absolute Gasteiger partial charge is 0.266 e. The number of carbonyl (C=O) groups excluding carboxylic acids is 1. The third-order valence-electron chi connectivity index (χ3n) is 4.62. The van der Waals surface area contributed by atoms with Crippen LogP contribution in [0.4, 0.5) is 11.4 Å². The van der Waals surface area contributed by atoms with E-state index >= 15 is 0 Å². The van der Waals surface area contributed by atoms with Gasteiger partial charge in [-0.15, -0.1) is 0 Å². The topological polar surface area (TPSA) is 68.6 Å². The number of hydrogen-bond donors (Lipinski definition) is 1. The fourth-order valence-corrected chi connectivity index (χ4v) is 3.23. The SMILES string of the molecule is N#C/C(=C/Nc1ccccc1N1CCOCC1)C(=O)N1CCCCC1. The normalized spacial score (nSPS) is 18.6. The van der Waals surface area contributed by atoms with Crippen LogP contribution in [0.2, 0.25) is 0 Å². The largest absolute Gasteiger partial charge is 0.378 e. The number of carbonyl (C=O) groups is 1. The average molecular weight is 340 g/mol. The van der Waals surface area contributed by atoms with E-state index in [-0.39, 0.29) is 11.5 Å². The number of likely N-dealkylation sites (tertiary alicyclic amines) is 1. The van der Waals surface area contributed by atoms with Crippen molar-refractivity contribution in [3.63, 3.8) is 0 Å². The van der Waals surface area contributed by atoms with E-state index in [1.54, 1.807) is 4.90 Å². The van der Waals surface area contributed by atoms with Crippen LogP contribution in [0.1, 0.15) is 19.3 Å². The van der Waals surface area contributed by atoms with Crippen molar-refractivity contribution >= 4 is 17.3 Å². The molecule has 132 valence electrons. The maximum Gasteiger partial charge on any atom is 0.266 e. The molecule has 0 atom stereocenters. The predicted molar refractivity (Wildman–Crippen MR) is 97.2 cm³/mol. The summed E-state index contributed by atoms with van der Waals surface area (Å²) in [7, 11) is 0. The van der Waals surface area contributed by atoms with Gasteiger partial charge in [-0.1, -0.05) is 12.1 Å². The third kappa shape index (κ3) is 4.31. The molecular formula is C19H24N4O2. The minimum absolute atomic E-state index is 0.152. The first-order chi connectivity index (χ1) is 12.3. The second-order valence-corrected chi connectivity index (χ2v) is 6.28. The summed E-state index contributed by atoms with van der Waals surface area (Å²) in [6.07, 6.45) is 4.71. The Balaban J connectivity index is 1.73. The van der Waals surface area contributed by atoms with Crippen molar-refractivity contribution in [1.29, 1.82) is 5.26 Å². The summed E-state index contributed by atoms with van der Waals surface area (Å²) in [6, 6.07) is 9.98. The second kappa shape index (κ2) is 8.54. The van der Waals surface area contributed by atoms with Crippen LogP contribution in [0, 0.1) is 11.3 Å². The van der Waals surface area contributed by atoms with Crippen LogP contribution in [0.25, 0.3) is 0 Å². The van der Waals surface area contributed by atoms with Gasteiger partial charge < -0.3 is 19.9 Å². The van der Waals surface area contributed by atoms with Gasteiger partial charge in [0.15, 0.2) is 0 Å². The first-order valence-corrected chi connectivity index (χ1v) is 8.87. The lowest BCUT2D eigenvalue weighted by Gasteiger charge is -2.30. The van der Waals surface area contributed by atoms with Gasteiger partial charge in [0.05, 0.1) is 24.6 Å². The Bertz CT molecular complexity index is 668. The van der Waals surface area contributed by atoms with E-state index in [9.17, 15) is 10.1 Å². The van der Waals surface area contributed by atoms with Gasteiger partial charge in [0.2, 0.25) is 0 Å². The molecule has 1 amide bonds. The van der Waals surface area contributed by atoms with Gasteiger partial charge in [-0.25, -0.2) is 0 Å². The lowest BCUT2D eigenvalue weighted by molar-refractivity contribution is -0.127. The summed E-state index contributed by atoms with van der Waals surface area (Å²) in [5.74, 6) is -0.182. The molecular weight excluding hydrogens is 316 g/mol. The molecule has 0 aliphatic carbocycles. The number of amides is 1. The quantitative estimate of drug-likeness (QED) is 0.673. The standard InChI is InChI=1S/C19H24N4O2/c20-14-16(19(24)23-8-4-1-5-9-23)15-21-17-6-2-3-7-18(17)22-10-12-25-13-11-22/h2-3,6-7,15,21H,1,4-5,8-13H2/b16-15-. The number of hydrogen-bond acceptors (Lipinski definition) is 5. The Morgan fingerprint density at radius 1 is 1.12 bits per heavy atom. The molecule has 0 saturated carbocycles. The number of benzene rings is 1. The van der Waals surface area contributed by atoms with E-state index in [0.717, 1.165) is 56.8 Å². The van der Waals surface area contributed by atoms with E-state index < -0.39 is 0 Å². The van der Waals surface area contributed by atoms with E-state index in [1.807, 2.05) is 30.3 Å². The molecule has 0 radical (unpaired) electrons. The number of nitrogens with one attached hydrogen (secondary N) is 1. The molecule has 0 bridgehead atoms. The first-order valence-electron chi connectivity index (χ1n) is 8.87. The Morgan fingerprint density at radius 2 is 1.84 bits per heavy atom. The van der Waals surface area contributed by atoms with Crippen molar-refractivity contribution in [3.8, 4) is 6.07 Å². The predicted octanol–water partition coefficient (Wildman–Crippen LogP) is 2.36. The Morgan fingerprint density at radius 3 is 2.56 bits per heavy atom. The van der Waals surface area contributed by atoms with Crippen LogP contribution < -0.4 is 10.2 Å². The Labute approximate surface area is 148 Å². The number of nitriles is 1. The maximum atomic E-state index is 12.5. The van der Waals surface area contributed by atoms with Crippen LogP contribution in [-0.4, -0.2) is 50.2 Å². The molecule has 0 unspecified atom stereocenters. The summed E-state index contributed by atoms with van der Waals surface area (Å²) in [6.45, 7) is 4.56. The van der Waals surface area contributed by atoms with Gasteiger partial charge in [0.25, 0.3) is 5.91 Å². The molecule has 3 rings (SSSR count). The van der Waals surface area contributed by atoms with Crippen molar-refractivity contribution in [1.82, 2.24) is 4.90 Å². The van der Waals surface area contributed by atoms with Crippen LogP contribution in [0.5, 0.6) is 0 Å². The van der Waals surface area contributed by atoms with Gasteiger partial charge >= 0.3 is 0 Å². The summed E-state index contributed by atoms with van der Waals surface area (Å²) < 4.78 is 5.41. The molecule has 2 saturated heterocycles. The van der Waals surface area contributed by atoms with Gasteiger partial charge in [-0.2, -0.15) is 5.26 Å². The Kier molecular flexibility index (Phi) is 5.91. The summed E-state index contributed by atoms with van der Waals surface area (Å²) in [5.41, 5.74) is 2.10. The number of morpholine rings is 1. The lowest BCUT2D eigenvalue weighted by Crippen LogP contribution is -2.37. The Hall–Kier alpha value is -2.52. The molecule has 0 aromatic heterocycles. The van der Waals surface area contributed by atoms with Crippen molar-refractivity contribution < 1.29 is 9.53 Å². The number of para-hydroxylation sites is 2. The zero-order chi connectivity index (χ0) is 17.5. The molecule has 2 aliphatic rings. The molecule has 1 N–H and O–H groups in total. The molecule has 2 fully saturated rings. The fraction of sp³-hybridized carbons (Fsp3) is 0.474. The van der Waals surface area contributed by atoms with E-state index in [1.165, 1.54) is 6.20 Å². The highest BCUT2D eigenvalue weighted by Gasteiger charge is 2.20. The van der Waals surface area contributed by atoms with Gasteiger partial charge in [0.1, 0.15) is 11.6 Å². The maximum absolute atomic E-state index is 12.5. The fourth-order valence-electron chi connectivity index (χ4n) is 3.23. The number of piperidine rings is 1. The molecule has 1 aromatic rings. The first kappa shape index (κ1) is 17.3. The van der Waals surface area contributed by atoms with Crippen molar-refractivity contribution in [3.05, 3.63) is 36.0 Å². The zero-order valence-electron chi connectivity index (χ0n) is 14.4. The second-order valence-electron chi connectivity index (χ2n) is 6.28. The van der Waals surface area contributed by atoms with Crippen molar-refractivity contribution in [2.75, 3.05) is 49.6 Å². The van der Waals surface area contributed by atoms with E-state index in [2.05, 4.69) is 10.2 Å². The molecule has 2 heterocycles. The number of anilines is 2. The minimum Gasteiger partial charge on any atom is -0.378 e. The highest BCUT2D eigenvalue weighted by Crippen LogP contribution is 2.26. The van der Waals surface area contributed by atoms with Crippen molar-refractivity contribution in [2.45, 2.75) is 19.3 Å². The molecule has 25 heavy (non-hydrogen) atoms. The average Bonchev–Trinajstić information content (AvgIpc) is 2.70. The van der Waals surface area contributed by atoms with Gasteiger partial charge in [-0.05, 0) is 31.4 Å². The van der Waals surface area contributed by atoms with Gasteiger partial charge in [-0.3, -0.25) is 4.79 Å².